The third-order valence-corrected chi connectivity index (χ3v) is 8.43. The van der Waals surface area contributed by atoms with Crippen molar-refractivity contribution in [2.45, 2.75) is 70.8 Å². The number of carbonyl (C=O) groups excluding carboxylic acids is 1. The second kappa shape index (κ2) is 8.55. The number of hydrogen-bond acceptors (Lipinski definition) is 4. The molecule has 170 valence electrons. The second-order valence-electron chi connectivity index (χ2n) is 10.5. The molecule has 2 atom stereocenters. The number of ether oxygens (including phenoxy) is 1. The summed E-state index contributed by atoms with van der Waals surface area (Å²) in [5.74, 6) is 1.58. The number of nitrogens with zero attached hydrogens (tertiary/aromatic N) is 1. The first-order valence-corrected chi connectivity index (χ1v) is 12.4. The number of anilines is 1. The van der Waals surface area contributed by atoms with Crippen molar-refractivity contribution in [1.82, 2.24) is 0 Å². The first kappa shape index (κ1) is 21.5. The average molecular weight is 450 g/mol. The van der Waals surface area contributed by atoms with Crippen LogP contribution in [-0.2, 0) is 14.4 Å². The summed E-state index contributed by atoms with van der Waals surface area (Å²) in [5.41, 5.74) is 0.526. The largest absolute Gasteiger partial charge is 0.466 e. The maximum absolute atomic E-state index is 14.9. The van der Waals surface area contributed by atoms with E-state index in [2.05, 4.69) is 0 Å². The zero-order valence-corrected chi connectivity index (χ0v) is 19.1. The summed E-state index contributed by atoms with van der Waals surface area (Å²) in [6.45, 7) is 2.76. The Hall–Kier alpha value is -1.33. The Morgan fingerprint density at radius 1 is 1.16 bits per heavy atom. The first-order chi connectivity index (χ1) is 15.0. The maximum Gasteiger partial charge on any atom is 0.311 e. The van der Waals surface area contributed by atoms with Crippen LogP contribution in [0.25, 0.3) is 0 Å². The fourth-order valence-corrected chi connectivity index (χ4v) is 7.58. The highest BCUT2D eigenvalue weighted by molar-refractivity contribution is 6.30. The molecule has 0 radical (unpaired) electrons. The summed E-state index contributed by atoms with van der Waals surface area (Å²) in [5, 5.41) is 2.15. The summed E-state index contributed by atoms with van der Waals surface area (Å²) >= 11 is 6.23. The van der Waals surface area contributed by atoms with E-state index < -0.39 is 0 Å². The Kier molecular flexibility index (Phi) is 5.93. The quantitative estimate of drug-likeness (QED) is 0.369. The third kappa shape index (κ3) is 4.20. The maximum atomic E-state index is 14.9. The van der Waals surface area contributed by atoms with Crippen LogP contribution in [0.1, 0.15) is 64.7 Å². The minimum atomic E-state index is -0.371. The molecule has 6 rings (SSSR count). The van der Waals surface area contributed by atoms with Crippen LogP contribution in [0, 0.1) is 34.9 Å². The average Bonchev–Trinajstić information content (AvgIpc) is 3.19. The van der Waals surface area contributed by atoms with Gasteiger partial charge in [-0.1, -0.05) is 18.0 Å². The van der Waals surface area contributed by atoms with Crippen LogP contribution in [0.4, 0.5) is 10.1 Å². The molecular formula is C25H33ClFNO3. The van der Waals surface area contributed by atoms with Crippen molar-refractivity contribution in [2.24, 2.45) is 29.1 Å². The Morgan fingerprint density at radius 2 is 1.84 bits per heavy atom. The summed E-state index contributed by atoms with van der Waals surface area (Å²) < 4.78 is 20.3. The molecule has 5 fully saturated rings. The molecule has 5 saturated carbocycles. The molecule has 2 unspecified atom stereocenters. The highest BCUT2D eigenvalue weighted by atomic mass is 35.5. The van der Waals surface area contributed by atoms with Gasteiger partial charge in [0.15, 0.2) is 0 Å². The highest BCUT2D eigenvalue weighted by Gasteiger charge is 2.51. The van der Waals surface area contributed by atoms with Crippen LogP contribution >= 0.6 is 11.6 Å². The molecule has 1 aromatic rings. The summed E-state index contributed by atoms with van der Waals surface area (Å²) in [6, 6.07) is 4.32. The molecule has 0 N–H and O–H groups in total. The lowest BCUT2D eigenvalue weighted by Gasteiger charge is -2.57. The Bertz CT molecular complexity index is 796. The van der Waals surface area contributed by atoms with Gasteiger partial charge in [-0.05, 0) is 99.7 Å². The minimum absolute atomic E-state index is 0.195. The molecule has 5 aliphatic rings. The summed E-state index contributed by atoms with van der Waals surface area (Å²) in [4.78, 5) is 19.2. The van der Waals surface area contributed by atoms with Crippen molar-refractivity contribution < 1.29 is 18.8 Å². The number of benzene rings is 1. The SMILES string of the molecule is CCOC(=O)C1CCCC1N(OCC12CC3CC(CC(C3)C1)C2)c1cc(Cl)ccc1F. The summed E-state index contributed by atoms with van der Waals surface area (Å²) in [7, 11) is 0. The van der Waals surface area contributed by atoms with Crippen molar-refractivity contribution in [2.75, 3.05) is 18.3 Å². The van der Waals surface area contributed by atoms with Gasteiger partial charge in [0.2, 0.25) is 0 Å². The van der Waals surface area contributed by atoms with E-state index in [9.17, 15) is 9.18 Å². The van der Waals surface area contributed by atoms with Gasteiger partial charge in [-0.3, -0.25) is 9.63 Å². The van der Waals surface area contributed by atoms with E-state index in [1.807, 2.05) is 6.92 Å². The van der Waals surface area contributed by atoms with Crippen LogP contribution in [0.15, 0.2) is 18.2 Å². The molecule has 4 bridgehead atoms. The fraction of sp³-hybridized carbons (Fsp3) is 0.720. The first-order valence-electron chi connectivity index (χ1n) is 12.0. The number of esters is 1. The number of halogens is 2. The van der Waals surface area contributed by atoms with E-state index in [-0.39, 0.29) is 29.2 Å². The van der Waals surface area contributed by atoms with Crippen molar-refractivity contribution in [3.63, 3.8) is 0 Å². The molecule has 0 aromatic heterocycles. The molecule has 5 aliphatic carbocycles. The van der Waals surface area contributed by atoms with Gasteiger partial charge in [-0.15, -0.1) is 0 Å². The zero-order valence-electron chi connectivity index (χ0n) is 18.3. The lowest BCUT2D eigenvalue weighted by Crippen LogP contribution is -2.50. The van der Waals surface area contributed by atoms with Crippen LogP contribution in [0.3, 0.4) is 0 Å². The van der Waals surface area contributed by atoms with Crippen LogP contribution in [0.5, 0.6) is 0 Å². The van der Waals surface area contributed by atoms with Gasteiger partial charge in [0, 0.05) is 5.02 Å². The van der Waals surface area contributed by atoms with Crippen molar-refractivity contribution in [3.8, 4) is 0 Å². The van der Waals surface area contributed by atoms with Crippen LogP contribution in [-0.4, -0.2) is 25.2 Å². The van der Waals surface area contributed by atoms with Crippen molar-refractivity contribution in [1.29, 1.82) is 0 Å². The molecule has 6 heteroatoms. The molecule has 0 saturated heterocycles. The van der Waals surface area contributed by atoms with Crippen molar-refractivity contribution in [3.05, 3.63) is 29.0 Å². The van der Waals surface area contributed by atoms with E-state index in [1.165, 1.54) is 44.6 Å². The number of hydrogen-bond donors (Lipinski definition) is 0. The lowest BCUT2D eigenvalue weighted by atomic mass is 9.50. The van der Waals surface area contributed by atoms with E-state index in [0.29, 0.717) is 23.9 Å². The molecule has 0 spiro atoms. The second-order valence-corrected chi connectivity index (χ2v) is 10.9. The van der Waals surface area contributed by atoms with Gasteiger partial charge in [-0.25, -0.2) is 9.45 Å². The molecule has 1 aromatic carbocycles. The van der Waals surface area contributed by atoms with Crippen molar-refractivity contribution >= 4 is 23.3 Å². The predicted molar refractivity (Wildman–Crippen MR) is 118 cm³/mol. The third-order valence-electron chi connectivity index (χ3n) is 8.19. The van der Waals surface area contributed by atoms with E-state index >= 15 is 0 Å². The minimum Gasteiger partial charge on any atom is -0.466 e. The van der Waals surface area contributed by atoms with Gasteiger partial charge >= 0.3 is 5.97 Å². The lowest BCUT2D eigenvalue weighted by molar-refractivity contribution is -0.149. The normalized spacial score (nSPS) is 36.0. The van der Waals surface area contributed by atoms with Crippen LogP contribution in [0.2, 0.25) is 5.02 Å². The van der Waals surface area contributed by atoms with Crippen LogP contribution < -0.4 is 5.06 Å². The fourth-order valence-electron chi connectivity index (χ4n) is 7.42. The van der Waals surface area contributed by atoms with Gasteiger partial charge in [-0.2, -0.15) is 0 Å². The number of hydroxylamine groups is 1. The molecule has 4 nitrogen and oxygen atoms in total. The number of rotatable bonds is 7. The van der Waals surface area contributed by atoms with Gasteiger partial charge in [0.05, 0.1) is 25.2 Å². The Labute approximate surface area is 189 Å². The van der Waals surface area contributed by atoms with Gasteiger partial charge in [0.25, 0.3) is 0 Å². The van der Waals surface area contributed by atoms with E-state index in [0.717, 1.165) is 37.0 Å². The predicted octanol–water partition coefficient (Wildman–Crippen LogP) is 6.17. The molecule has 0 heterocycles. The zero-order chi connectivity index (χ0) is 21.6. The topological polar surface area (TPSA) is 38.8 Å². The Morgan fingerprint density at radius 3 is 2.48 bits per heavy atom. The van der Waals surface area contributed by atoms with Gasteiger partial charge < -0.3 is 4.74 Å². The smallest absolute Gasteiger partial charge is 0.311 e. The standard InChI is InChI=1S/C25H33ClFNO3/c1-2-30-24(29)20-4-3-5-22(20)28(23-11-19(26)6-7-21(23)27)31-15-25-12-16-8-17(13-25)10-18(9-16)14-25/h6-7,11,16-18,20,22H,2-5,8-10,12-15H2,1H3. The number of carbonyl (C=O) groups is 1. The monoisotopic (exact) mass is 449 g/mol. The molecular weight excluding hydrogens is 417 g/mol. The van der Waals surface area contributed by atoms with Gasteiger partial charge in [0.1, 0.15) is 11.5 Å². The molecule has 31 heavy (non-hydrogen) atoms. The Balaban J connectivity index is 1.41. The molecule has 0 aliphatic heterocycles. The summed E-state index contributed by atoms with van der Waals surface area (Å²) in [6.07, 6.45) is 10.2. The molecule has 0 amide bonds. The highest BCUT2D eigenvalue weighted by Crippen LogP contribution is 2.60. The van der Waals surface area contributed by atoms with E-state index in [4.69, 9.17) is 21.2 Å². The van der Waals surface area contributed by atoms with E-state index in [1.54, 1.807) is 17.2 Å².